The highest BCUT2D eigenvalue weighted by atomic mass is 19.4. The summed E-state index contributed by atoms with van der Waals surface area (Å²) in [5.41, 5.74) is 3.48. The van der Waals surface area contributed by atoms with Crippen molar-refractivity contribution in [1.29, 1.82) is 0 Å². The minimum Gasteiger partial charge on any atom is -0.481 e. The number of carboxylic acids is 1. The van der Waals surface area contributed by atoms with Crippen molar-refractivity contribution in [3.8, 4) is 16.9 Å². The molecule has 0 saturated heterocycles. The van der Waals surface area contributed by atoms with Gasteiger partial charge in [-0.15, -0.1) is 13.2 Å². The number of halogens is 3. The van der Waals surface area contributed by atoms with E-state index in [1.807, 2.05) is 28.9 Å². The number of carbonyl (C=O) groups is 2. The molecule has 204 valence electrons. The van der Waals surface area contributed by atoms with Gasteiger partial charge in [0.25, 0.3) is 5.91 Å². The highest BCUT2D eigenvalue weighted by Crippen LogP contribution is 2.32. The molecule has 2 aromatic carbocycles. The van der Waals surface area contributed by atoms with E-state index in [4.69, 9.17) is 5.11 Å². The van der Waals surface area contributed by atoms with E-state index in [0.29, 0.717) is 5.92 Å². The lowest BCUT2D eigenvalue weighted by atomic mass is 9.97. The summed E-state index contributed by atoms with van der Waals surface area (Å²) in [6.45, 7) is 4.21. The molecule has 0 spiro atoms. The Balaban J connectivity index is 1.57. The maximum Gasteiger partial charge on any atom is 0.573 e. The number of benzene rings is 2. The number of hydrogen-bond donors (Lipinski definition) is 2. The van der Waals surface area contributed by atoms with Crippen molar-refractivity contribution < 1.29 is 32.6 Å². The van der Waals surface area contributed by atoms with Crippen molar-refractivity contribution in [1.82, 2.24) is 20.1 Å². The Labute approximate surface area is 222 Å². The molecule has 1 amide bonds. The summed E-state index contributed by atoms with van der Waals surface area (Å²) in [4.78, 5) is 27.2. The summed E-state index contributed by atoms with van der Waals surface area (Å²) in [6.07, 6.45) is -0.792. The second-order valence-electron chi connectivity index (χ2n) is 9.46. The summed E-state index contributed by atoms with van der Waals surface area (Å²) in [5, 5.41) is 16.8. The Bertz CT molecular complexity index is 1450. The summed E-state index contributed by atoms with van der Waals surface area (Å²) in [7, 11) is 0. The molecule has 2 N–H and O–H groups in total. The van der Waals surface area contributed by atoms with E-state index in [9.17, 15) is 22.8 Å². The largest absolute Gasteiger partial charge is 0.573 e. The minimum absolute atomic E-state index is 0.0142. The Morgan fingerprint density at radius 3 is 2.36 bits per heavy atom. The Kier molecular flexibility index (Phi) is 8.18. The third kappa shape index (κ3) is 7.13. The van der Waals surface area contributed by atoms with Crippen molar-refractivity contribution in [2.75, 3.05) is 6.54 Å². The van der Waals surface area contributed by atoms with Crippen LogP contribution in [0.2, 0.25) is 0 Å². The summed E-state index contributed by atoms with van der Waals surface area (Å²) in [5.74, 6) is -1.40. The van der Waals surface area contributed by atoms with Crippen LogP contribution in [0.3, 0.4) is 0 Å². The first-order chi connectivity index (χ1) is 18.5. The van der Waals surface area contributed by atoms with E-state index in [-0.39, 0.29) is 30.5 Å². The van der Waals surface area contributed by atoms with Crippen LogP contribution in [0.25, 0.3) is 22.0 Å². The average Bonchev–Trinajstić information content (AvgIpc) is 3.29. The van der Waals surface area contributed by atoms with Gasteiger partial charge in [-0.2, -0.15) is 5.10 Å². The zero-order valence-corrected chi connectivity index (χ0v) is 21.3. The molecule has 0 fully saturated rings. The normalized spacial score (nSPS) is 12.5. The topological polar surface area (TPSA) is 106 Å². The maximum absolute atomic E-state index is 12.5. The fourth-order valence-corrected chi connectivity index (χ4v) is 4.26. The Morgan fingerprint density at radius 1 is 1.03 bits per heavy atom. The van der Waals surface area contributed by atoms with Gasteiger partial charge in [0.05, 0.1) is 24.2 Å². The molecule has 11 heteroatoms. The number of carbonyl (C=O) groups excluding carboxylic acids is 1. The Hall–Kier alpha value is -4.41. The molecule has 8 nitrogen and oxygen atoms in total. The van der Waals surface area contributed by atoms with Crippen LogP contribution in [-0.4, -0.2) is 44.7 Å². The first-order valence-electron chi connectivity index (χ1n) is 12.3. The van der Waals surface area contributed by atoms with Gasteiger partial charge in [-0.25, -0.2) is 0 Å². The molecule has 0 radical (unpaired) electrons. The average molecular weight is 541 g/mol. The Morgan fingerprint density at radius 2 is 1.74 bits per heavy atom. The highest BCUT2D eigenvalue weighted by Gasteiger charge is 2.31. The fraction of sp³-hybridized carbons (Fsp3) is 0.286. The van der Waals surface area contributed by atoms with Gasteiger partial charge in [0, 0.05) is 18.1 Å². The lowest BCUT2D eigenvalue weighted by Crippen LogP contribution is -2.27. The molecule has 39 heavy (non-hydrogen) atoms. The second-order valence-corrected chi connectivity index (χ2v) is 9.46. The number of aliphatic carboxylic acids is 1. The van der Waals surface area contributed by atoms with Crippen molar-refractivity contribution in [2.24, 2.45) is 5.92 Å². The van der Waals surface area contributed by atoms with Crippen molar-refractivity contribution in [3.05, 3.63) is 78.2 Å². The van der Waals surface area contributed by atoms with Crippen molar-refractivity contribution in [2.45, 2.75) is 39.1 Å². The summed E-state index contributed by atoms with van der Waals surface area (Å²) in [6, 6.07) is 14.7. The van der Waals surface area contributed by atoms with Crippen LogP contribution in [0.15, 0.2) is 67.0 Å². The van der Waals surface area contributed by atoms with E-state index in [0.717, 1.165) is 34.0 Å². The summed E-state index contributed by atoms with van der Waals surface area (Å²) < 4.78 is 43.2. The number of fused-ring (bicyclic) bond motifs is 1. The third-order valence-corrected chi connectivity index (χ3v) is 6.03. The van der Waals surface area contributed by atoms with Crippen LogP contribution in [0.5, 0.6) is 5.75 Å². The molecule has 0 aliphatic rings. The first kappa shape index (κ1) is 27.6. The molecule has 0 aliphatic carbocycles. The fourth-order valence-electron chi connectivity index (χ4n) is 4.26. The van der Waals surface area contributed by atoms with Gasteiger partial charge in [0.1, 0.15) is 11.4 Å². The molecular formula is C28H27F3N4O4. The number of alkyl halides is 3. The monoisotopic (exact) mass is 540 g/mol. The molecule has 0 aliphatic heterocycles. The molecule has 2 heterocycles. The van der Waals surface area contributed by atoms with Gasteiger partial charge >= 0.3 is 12.3 Å². The second kappa shape index (κ2) is 11.5. The van der Waals surface area contributed by atoms with E-state index in [1.165, 1.54) is 12.1 Å². The van der Waals surface area contributed by atoms with Gasteiger partial charge in [-0.1, -0.05) is 38.1 Å². The zero-order valence-electron chi connectivity index (χ0n) is 21.3. The zero-order chi connectivity index (χ0) is 28.2. The predicted molar refractivity (Wildman–Crippen MR) is 138 cm³/mol. The number of amides is 1. The smallest absolute Gasteiger partial charge is 0.481 e. The van der Waals surface area contributed by atoms with Crippen LogP contribution >= 0.6 is 0 Å². The van der Waals surface area contributed by atoms with Crippen molar-refractivity contribution >= 4 is 22.8 Å². The van der Waals surface area contributed by atoms with Crippen LogP contribution in [-0.2, 0) is 4.79 Å². The number of nitrogens with one attached hydrogen (secondary N) is 1. The number of rotatable bonds is 10. The first-order valence-corrected chi connectivity index (χ1v) is 12.3. The lowest BCUT2D eigenvalue weighted by Gasteiger charge is -2.21. The van der Waals surface area contributed by atoms with Crippen LogP contribution in [0.1, 0.15) is 48.8 Å². The number of pyridine rings is 1. The van der Waals surface area contributed by atoms with Crippen LogP contribution < -0.4 is 10.1 Å². The van der Waals surface area contributed by atoms with Gasteiger partial charge in [0.15, 0.2) is 0 Å². The van der Waals surface area contributed by atoms with E-state index < -0.39 is 18.2 Å². The highest BCUT2D eigenvalue weighted by molar-refractivity contribution is 5.92. The quantitative estimate of drug-likeness (QED) is 0.262. The molecule has 1 unspecified atom stereocenters. The van der Waals surface area contributed by atoms with Crippen LogP contribution in [0.4, 0.5) is 13.2 Å². The number of hydrogen-bond acceptors (Lipinski definition) is 5. The van der Waals surface area contributed by atoms with Gasteiger partial charge in [-0.05, 0) is 59.4 Å². The standard InChI is InChI=1S/C28H27F3N4O4/c1-17(2)13-25(20-5-9-23(33-15-20)27(38)32-12-11-26(36)37)35-24-10-6-19(14-21(24)16-34-35)18-3-7-22(8-4-18)39-28(29,30)31/h3-10,14-17,25H,11-13H2,1-2H3,(H,32,38)(H,36,37). The minimum atomic E-state index is -4.74. The van der Waals surface area contributed by atoms with Crippen LogP contribution in [0, 0.1) is 5.92 Å². The number of nitrogens with zero attached hydrogens (tertiary/aromatic N) is 3. The summed E-state index contributed by atoms with van der Waals surface area (Å²) >= 11 is 0. The molecule has 2 aromatic heterocycles. The number of ether oxygens (including phenoxy) is 1. The molecular weight excluding hydrogens is 513 g/mol. The van der Waals surface area contributed by atoms with E-state index >= 15 is 0 Å². The number of carboxylic acid groups (broad SMARTS) is 1. The molecule has 4 aromatic rings. The third-order valence-electron chi connectivity index (χ3n) is 6.03. The number of aromatic nitrogens is 3. The maximum atomic E-state index is 12.5. The molecule has 0 saturated carbocycles. The van der Waals surface area contributed by atoms with Gasteiger partial charge < -0.3 is 15.2 Å². The lowest BCUT2D eigenvalue weighted by molar-refractivity contribution is -0.274. The molecule has 1 atom stereocenters. The SMILES string of the molecule is CC(C)CC(c1ccc(C(=O)NCCC(=O)O)nc1)n1ncc2cc(-c3ccc(OC(F)(F)F)cc3)ccc21. The van der Waals surface area contributed by atoms with Gasteiger partial charge in [0.2, 0.25) is 0 Å². The van der Waals surface area contributed by atoms with Crippen molar-refractivity contribution in [3.63, 3.8) is 0 Å². The van der Waals surface area contributed by atoms with E-state index in [1.54, 1.807) is 30.6 Å². The van der Waals surface area contributed by atoms with E-state index in [2.05, 4.69) is 34.0 Å². The van der Waals surface area contributed by atoms with Gasteiger partial charge in [-0.3, -0.25) is 19.3 Å². The molecule has 0 bridgehead atoms. The molecule has 4 rings (SSSR count). The predicted octanol–water partition coefficient (Wildman–Crippen LogP) is 5.84.